The van der Waals surface area contributed by atoms with Crippen LogP contribution in [0, 0.1) is 0 Å². The maximum atomic E-state index is 12.6. The molecule has 122 valence electrons. The highest BCUT2D eigenvalue weighted by Crippen LogP contribution is 2.29. The van der Waals surface area contributed by atoms with Crippen molar-refractivity contribution in [3.05, 3.63) is 33.2 Å². The summed E-state index contributed by atoms with van der Waals surface area (Å²) < 4.78 is 4.45. The second-order valence-electron chi connectivity index (χ2n) is 5.48. The first-order valence-corrected chi connectivity index (χ1v) is 8.62. The van der Waals surface area contributed by atoms with Gasteiger partial charge in [-0.05, 0) is 25.0 Å². The van der Waals surface area contributed by atoms with Crippen LogP contribution in [-0.4, -0.2) is 25.3 Å². The van der Waals surface area contributed by atoms with Gasteiger partial charge in [0, 0.05) is 24.3 Å². The molecule has 7 heteroatoms. The van der Waals surface area contributed by atoms with Gasteiger partial charge < -0.3 is 5.11 Å². The summed E-state index contributed by atoms with van der Waals surface area (Å²) in [5.41, 5.74) is 1.51. The van der Waals surface area contributed by atoms with E-state index in [-0.39, 0.29) is 12.0 Å². The zero-order valence-corrected chi connectivity index (χ0v) is 14.0. The van der Waals surface area contributed by atoms with Gasteiger partial charge >= 0.3 is 5.97 Å². The third kappa shape index (κ3) is 2.76. The van der Waals surface area contributed by atoms with Gasteiger partial charge in [-0.1, -0.05) is 13.8 Å². The number of carboxylic acids is 1. The Bertz CT molecular complexity index is 935. The van der Waals surface area contributed by atoms with Crippen LogP contribution in [0.25, 0.3) is 15.7 Å². The van der Waals surface area contributed by atoms with Gasteiger partial charge in [0.25, 0.3) is 5.56 Å². The second kappa shape index (κ2) is 6.16. The number of carbonyl (C=O) groups is 1. The molecular formula is C16H19N3O3S. The van der Waals surface area contributed by atoms with E-state index in [2.05, 4.69) is 18.1 Å². The molecule has 23 heavy (non-hydrogen) atoms. The summed E-state index contributed by atoms with van der Waals surface area (Å²) in [6.45, 7) is 4.45. The summed E-state index contributed by atoms with van der Waals surface area (Å²) in [4.78, 5) is 24.6. The molecule has 0 saturated heterocycles. The van der Waals surface area contributed by atoms with E-state index in [0.29, 0.717) is 24.9 Å². The quantitative estimate of drug-likeness (QED) is 0.752. The van der Waals surface area contributed by atoms with Gasteiger partial charge in [0.2, 0.25) is 0 Å². The minimum Gasteiger partial charge on any atom is -0.481 e. The Morgan fingerprint density at radius 3 is 2.70 bits per heavy atom. The summed E-state index contributed by atoms with van der Waals surface area (Å²) in [5, 5.41) is 13.2. The first kappa shape index (κ1) is 15.7. The lowest BCUT2D eigenvalue weighted by molar-refractivity contribution is -0.137. The van der Waals surface area contributed by atoms with Gasteiger partial charge in [0.05, 0.1) is 10.2 Å². The number of fused-ring (bicyclic) bond motifs is 3. The Kier molecular flexibility index (Phi) is 4.21. The zero-order chi connectivity index (χ0) is 16.6. The van der Waals surface area contributed by atoms with Crippen molar-refractivity contribution in [1.82, 2.24) is 14.2 Å². The molecule has 0 aliphatic carbocycles. The Morgan fingerprint density at radius 2 is 2.04 bits per heavy atom. The van der Waals surface area contributed by atoms with Crippen LogP contribution in [0.5, 0.6) is 0 Å². The molecule has 6 nitrogen and oxygen atoms in total. The number of aryl methyl sites for hydroxylation is 3. The van der Waals surface area contributed by atoms with Crippen molar-refractivity contribution in [3.63, 3.8) is 0 Å². The van der Waals surface area contributed by atoms with Crippen LogP contribution in [0.15, 0.2) is 16.9 Å². The average Bonchev–Trinajstić information content (AvgIpc) is 3.07. The van der Waals surface area contributed by atoms with E-state index < -0.39 is 5.97 Å². The van der Waals surface area contributed by atoms with E-state index in [1.165, 1.54) is 9.56 Å². The van der Waals surface area contributed by atoms with Crippen LogP contribution in [0.4, 0.5) is 0 Å². The minimum atomic E-state index is -0.856. The molecule has 3 rings (SSSR count). The number of thiophene rings is 1. The Balaban J connectivity index is 2.13. The molecule has 0 fully saturated rings. The molecule has 3 heterocycles. The van der Waals surface area contributed by atoms with Gasteiger partial charge in [-0.2, -0.15) is 5.10 Å². The fourth-order valence-corrected chi connectivity index (χ4v) is 3.80. The van der Waals surface area contributed by atoms with Crippen molar-refractivity contribution in [2.75, 3.05) is 0 Å². The largest absolute Gasteiger partial charge is 0.481 e. The molecular weight excluding hydrogens is 314 g/mol. The fraction of sp³-hybridized carbons (Fsp3) is 0.438. The number of hydrogen-bond donors (Lipinski definition) is 1. The molecule has 3 aromatic heterocycles. The number of aliphatic carboxylic acids is 1. The predicted molar refractivity (Wildman–Crippen MR) is 90.5 cm³/mol. The molecule has 0 aromatic carbocycles. The van der Waals surface area contributed by atoms with Crippen molar-refractivity contribution in [2.24, 2.45) is 0 Å². The average molecular weight is 333 g/mol. The third-order valence-electron chi connectivity index (χ3n) is 3.91. The first-order chi connectivity index (χ1) is 11.0. The highest BCUT2D eigenvalue weighted by atomic mass is 32.1. The number of nitrogens with zero attached hydrogens (tertiary/aromatic N) is 3. The first-order valence-electron chi connectivity index (χ1n) is 7.80. The molecule has 0 radical (unpaired) electrons. The summed E-state index contributed by atoms with van der Waals surface area (Å²) in [5.74, 6) is -0.0319. The maximum Gasteiger partial charge on any atom is 0.303 e. The molecule has 0 bridgehead atoms. The standard InChI is InChI=1S/C16H19N3O3S/c1-3-10-8-11-13(23-10)9-12-16(22)18(7-5-6-15(20)21)17-14(4-2)19(11)12/h8-9H,3-7H2,1-2H3,(H,20,21). The molecule has 0 atom stereocenters. The van der Waals surface area contributed by atoms with Crippen LogP contribution >= 0.6 is 11.3 Å². The van der Waals surface area contributed by atoms with E-state index in [1.807, 2.05) is 17.4 Å². The van der Waals surface area contributed by atoms with Gasteiger partial charge in [0.15, 0.2) is 0 Å². The summed E-state index contributed by atoms with van der Waals surface area (Å²) in [6.07, 6.45) is 2.12. The van der Waals surface area contributed by atoms with Crippen molar-refractivity contribution in [1.29, 1.82) is 0 Å². The second-order valence-corrected chi connectivity index (χ2v) is 6.64. The summed E-state index contributed by atoms with van der Waals surface area (Å²) in [6, 6.07) is 4.05. The summed E-state index contributed by atoms with van der Waals surface area (Å²) in [7, 11) is 0. The van der Waals surface area contributed by atoms with Crippen LogP contribution in [-0.2, 0) is 24.2 Å². The van der Waals surface area contributed by atoms with Crippen molar-refractivity contribution in [3.8, 4) is 0 Å². The van der Waals surface area contributed by atoms with E-state index in [4.69, 9.17) is 5.11 Å². The Labute approximate surface area is 137 Å². The van der Waals surface area contributed by atoms with E-state index in [1.54, 1.807) is 11.3 Å². The van der Waals surface area contributed by atoms with Crippen molar-refractivity contribution < 1.29 is 9.90 Å². The van der Waals surface area contributed by atoms with Crippen LogP contribution in [0.1, 0.15) is 37.4 Å². The molecule has 0 saturated carbocycles. The van der Waals surface area contributed by atoms with Gasteiger partial charge in [-0.3, -0.25) is 14.0 Å². The molecule has 3 aromatic rings. The lowest BCUT2D eigenvalue weighted by Gasteiger charge is -2.09. The minimum absolute atomic E-state index is 0.0384. The van der Waals surface area contributed by atoms with Crippen LogP contribution in [0.2, 0.25) is 0 Å². The van der Waals surface area contributed by atoms with Gasteiger partial charge in [0.1, 0.15) is 11.3 Å². The van der Waals surface area contributed by atoms with Crippen molar-refractivity contribution in [2.45, 2.75) is 46.1 Å². The number of carboxylic acid groups (broad SMARTS) is 1. The van der Waals surface area contributed by atoms with E-state index in [0.717, 1.165) is 22.5 Å². The predicted octanol–water partition coefficient (Wildman–Crippen LogP) is 2.70. The molecule has 0 aliphatic rings. The maximum absolute atomic E-state index is 12.6. The lowest BCUT2D eigenvalue weighted by atomic mass is 10.3. The van der Waals surface area contributed by atoms with E-state index in [9.17, 15) is 9.59 Å². The summed E-state index contributed by atoms with van der Waals surface area (Å²) >= 11 is 1.70. The van der Waals surface area contributed by atoms with E-state index >= 15 is 0 Å². The molecule has 0 spiro atoms. The molecule has 1 N–H and O–H groups in total. The molecule has 0 amide bonds. The van der Waals surface area contributed by atoms with Crippen LogP contribution in [0.3, 0.4) is 0 Å². The molecule has 0 aliphatic heterocycles. The monoisotopic (exact) mass is 333 g/mol. The van der Waals surface area contributed by atoms with Gasteiger partial charge in [-0.15, -0.1) is 11.3 Å². The lowest BCUT2D eigenvalue weighted by Crippen LogP contribution is -2.27. The third-order valence-corrected chi connectivity index (χ3v) is 5.13. The zero-order valence-electron chi connectivity index (χ0n) is 13.2. The van der Waals surface area contributed by atoms with Crippen LogP contribution < -0.4 is 5.56 Å². The number of hydrogen-bond acceptors (Lipinski definition) is 4. The fourth-order valence-electron chi connectivity index (χ4n) is 2.78. The Morgan fingerprint density at radius 1 is 1.26 bits per heavy atom. The highest BCUT2D eigenvalue weighted by molar-refractivity contribution is 7.19. The SMILES string of the molecule is CCc1cc2c(cc3c(=O)n(CCCC(=O)O)nc(CC)n32)s1. The van der Waals surface area contributed by atoms with Gasteiger partial charge in [-0.25, -0.2) is 4.68 Å². The van der Waals surface area contributed by atoms with Crippen molar-refractivity contribution >= 4 is 33.0 Å². The smallest absolute Gasteiger partial charge is 0.303 e. The highest BCUT2D eigenvalue weighted by Gasteiger charge is 2.15. The number of aromatic nitrogens is 3. The topological polar surface area (TPSA) is 76.6 Å². The number of rotatable bonds is 6. The normalized spacial score (nSPS) is 11.6. The molecule has 0 unspecified atom stereocenters. The Hall–Kier alpha value is -2.15.